The number of aliphatic imine (C=N–C) groups is 1. The van der Waals surface area contributed by atoms with Gasteiger partial charge in [-0.05, 0) is 31.7 Å². The topological polar surface area (TPSA) is 70.8 Å². The lowest BCUT2D eigenvalue weighted by Crippen LogP contribution is -2.42. The molecule has 1 aromatic heterocycles. The van der Waals surface area contributed by atoms with E-state index in [0.717, 1.165) is 18.8 Å². The summed E-state index contributed by atoms with van der Waals surface area (Å²) in [4.78, 5) is 4.49. The van der Waals surface area contributed by atoms with E-state index in [1.165, 1.54) is 12.8 Å². The van der Waals surface area contributed by atoms with Crippen LogP contribution in [0.3, 0.4) is 0 Å². The second-order valence-electron chi connectivity index (χ2n) is 6.04. The fraction of sp³-hybridized carbons (Fsp3) is 0.688. The monoisotopic (exact) mass is 376 g/mol. The van der Waals surface area contributed by atoms with Gasteiger partial charge in [0.05, 0.1) is 24.3 Å². The third-order valence-corrected chi connectivity index (χ3v) is 4.67. The molecule has 1 unspecified atom stereocenters. The number of guanidine groups is 1. The standard InChI is InChI=1S/C16H26Cl2N4O2/c1-3-19-16(20-7-12-6-14(17)15(18)22(12)2)21-8-13(23)10-24-9-11-4-5-11/h6,11,13,23H,3-5,7-10H2,1-2H3,(H2,19,20,21). The first kappa shape index (κ1) is 19.4. The van der Waals surface area contributed by atoms with Gasteiger partial charge < -0.3 is 25.0 Å². The maximum Gasteiger partial charge on any atom is 0.191 e. The lowest BCUT2D eigenvalue weighted by atomic mass is 10.3. The Kier molecular flexibility index (Phi) is 7.68. The van der Waals surface area contributed by atoms with Crippen LogP contribution in [0.25, 0.3) is 0 Å². The SMILES string of the molecule is CCNC(=NCc1cc(Cl)c(Cl)n1C)NCC(O)COCC1CC1. The fourth-order valence-corrected chi connectivity index (χ4v) is 2.59. The second-order valence-corrected chi connectivity index (χ2v) is 6.81. The molecule has 0 amide bonds. The highest BCUT2D eigenvalue weighted by Crippen LogP contribution is 2.28. The molecule has 0 aliphatic heterocycles. The van der Waals surface area contributed by atoms with E-state index >= 15 is 0 Å². The molecule has 0 aromatic carbocycles. The third-order valence-electron chi connectivity index (χ3n) is 3.82. The van der Waals surface area contributed by atoms with Gasteiger partial charge in [-0.25, -0.2) is 4.99 Å². The molecule has 2 rings (SSSR count). The van der Waals surface area contributed by atoms with Crippen LogP contribution in [0.4, 0.5) is 0 Å². The molecular weight excluding hydrogens is 351 g/mol. The molecule has 1 heterocycles. The lowest BCUT2D eigenvalue weighted by Gasteiger charge is -2.15. The molecule has 0 radical (unpaired) electrons. The van der Waals surface area contributed by atoms with Crippen molar-refractivity contribution in [2.24, 2.45) is 18.0 Å². The van der Waals surface area contributed by atoms with Crippen LogP contribution in [-0.2, 0) is 18.3 Å². The maximum atomic E-state index is 9.96. The van der Waals surface area contributed by atoms with Gasteiger partial charge in [0.15, 0.2) is 5.96 Å². The minimum atomic E-state index is -0.563. The molecule has 3 N–H and O–H groups in total. The van der Waals surface area contributed by atoms with Gasteiger partial charge >= 0.3 is 0 Å². The Bertz CT molecular complexity index is 559. The predicted molar refractivity (Wildman–Crippen MR) is 97.8 cm³/mol. The van der Waals surface area contributed by atoms with Crippen molar-refractivity contribution >= 4 is 29.2 Å². The summed E-state index contributed by atoms with van der Waals surface area (Å²) in [6.07, 6.45) is 1.93. The summed E-state index contributed by atoms with van der Waals surface area (Å²) in [5.74, 6) is 1.33. The molecular formula is C16H26Cl2N4O2. The molecule has 1 aliphatic carbocycles. The van der Waals surface area contributed by atoms with E-state index in [1.807, 2.05) is 14.0 Å². The second kappa shape index (κ2) is 9.51. The molecule has 1 fully saturated rings. The van der Waals surface area contributed by atoms with Gasteiger partial charge in [0.1, 0.15) is 5.15 Å². The van der Waals surface area contributed by atoms with Crippen LogP contribution in [-0.4, -0.2) is 48.0 Å². The molecule has 6 nitrogen and oxygen atoms in total. The molecule has 1 atom stereocenters. The Morgan fingerprint density at radius 1 is 1.46 bits per heavy atom. The highest BCUT2D eigenvalue weighted by Gasteiger charge is 2.21. The smallest absolute Gasteiger partial charge is 0.191 e. The van der Waals surface area contributed by atoms with E-state index in [1.54, 1.807) is 10.6 Å². The number of hydrogen-bond acceptors (Lipinski definition) is 3. The van der Waals surface area contributed by atoms with Crippen molar-refractivity contribution in [3.63, 3.8) is 0 Å². The number of halogens is 2. The van der Waals surface area contributed by atoms with E-state index in [0.29, 0.717) is 41.7 Å². The van der Waals surface area contributed by atoms with Crippen molar-refractivity contribution in [2.45, 2.75) is 32.4 Å². The first-order valence-corrected chi connectivity index (χ1v) is 9.04. The minimum absolute atomic E-state index is 0.339. The van der Waals surface area contributed by atoms with Gasteiger partial charge in [0, 0.05) is 32.4 Å². The number of hydrogen-bond donors (Lipinski definition) is 3. The Morgan fingerprint density at radius 2 is 2.21 bits per heavy atom. The molecule has 1 aromatic rings. The first-order chi connectivity index (χ1) is 11.5. The summed E-state index contributed by atoms with van der Waals surface area (Å²) in [7, 11) is 1.85. The fourth-order valence-electron chi connectivity index (χ4n) is 2.17. The molecule has 1 saturated carbocycles. The Hall–Kier alpha value is -0.950. The van der Waals surface area contributed by atoms with E-state index in [9.17, 15) is 5.11 Å². The van der Waals surface area contributed by atoms with Crippen LogP contribution in [0.2, 0.25) is 10.2 Å². The molecule has 1 aliphatic rings. The van der Waals surface area contributed by atoms with Gasteiger partial charge in [-0.2, -0.15) is 0 Å². The van der Waals surface area contributed by atoms with Crippen LogP contribution in [0.1, 0.15) is 25.5 Å². The van der Waals surface area contributed by atoms with E-state index in [-0.39, 0.29) is 0 Å². The largest absolute Gasteiger partial charge is 0.389 e. The number of aromatic nitrogens is 1. The van der Waals surface area contributed by atoms with E-state index < -0.39 is 6.10 Å². The van der Waals surface area contributed by atoms with Crippen molar-refractivity contribution in [3.8, 4) is 0 Å². The van der Waals surface area contributed by atoms with E-state index in [2.05, 4.69) is 15.6 Å². The van der Waals surface area contributed by atoms with Crippen molar-refractivity contribution in [2.75, 3.05) is 26.3 Å². The lowest BCUT2D eigenvalue weighted by molar-refractivity contribution is 0.0345. The highest BCUT2D eigenvalue weighted by molar-refractivity contribution is 6.41. The van der Waals surface area contributed by atoms with Crippen LogP contribution in [0.5, 0.6) is 0 Å². The average molecular weight is 377 g/mol. The van der Waals surface area contributed by atoms with Gasteiger partial charge in [-0.15, -0.1) is 0 Å². The van der Waals surface area contributed by atoms with Gasteiger partial charge in [-0.1, -0.05) is 23.2 Å². The summed E-state index contributed by atoms with van der Waals surface area (Å²) in [6.45, 7) is 4.63. The van der Waals surface area contributed by atoms with Crippen LogP contribution >= 0.6 is 23.2 Å². The predicted octanol–water partition coefficient (Wildman–Crippen LogP) is 2.17. The normalized spacial score (nSPS) is 16.3. The molecule has 136 valence electrons. The summed E-state index contributed by atoms with van der Waals surface area (Å²) in [5.41, 5.74) is 0.913. The summed E-state index contributed by atoms with van der Waals surface area (Å²) >= 11 is 12.1. The molecule has 24 heavy (non-hydrogen) atoms. The Labute approximate surface area is 153 Å². The zero-order valence-corrected chi connectivity index (χ0v) is 15.7. The Balaban J connectivity index is 1.79. The number of aliphatic hydroxyl groups is 1. The first-order valence-electron chi connectivity index (χ1n) is 8.28. The highest BCUT2D eigenvalue weighted by atomic mass is 35.5. The number of rotatable bonds is 9. The number of aliphatic hydroxyl groups excluding tert-OH is 1. The Morgan fingerprint density at radius 3 is 2.79 bits per heavy atom. The van der Waals surface area contributed by atoms with Crippen LogP contribution < -0.4 is 10.6 Å². The maximum absolute atomic E-state index is 9.96. The zero-order valence-electron chi connectivity index (χ0n) is 14.2. The number of nitrogens with one attached hydrogen (secondary N) is 2. The van der Waals surface area contributed by atoms with Crippen molar-refractivity contribution in [1.82, 2.24) is 15.2 Å². The van der Waals surface area contributed by atoms with Crippen molar-refractivity contribution in [3.05, 3.63) is 21.9 Å². The quantitative estimate of drug-likeness (QED) is 0.456. The van der Waals surface area contributed by atoms with Gasteiger partial charge in [-0.3, -0.25) is 0 Å². The molecule has 0 saturated heterocycles. The molecule has 0 bridgehead atoms. The number of ether oxygens (including phenoxy) is 1. The third kappa shape index (κ3) is 6.16. The summed E-state index contributed by atoms with van der Waals surface area (Å²) in [6, 6.07) is 1.80. The molecule has 8 heteroatoms. The molecule has 0 spiro atoms. The van der Waals surface area contributed by atoms with Gasteiger partial charge in [0.25, 0.3) is 0 Å². The van der Waals surface area contributed by atoms with E-state index in [4.69, 9.17) is 27.9 Å². The number of nitrogens with zero attached hydrogens (tertiary/aromatic N) is 2. The summed E-state index contributed by atoms with van der Waals surface area (Å²) < 4.78 is 7.29. The summed E-state index contributed by atoms with van der Waals surface area (Å²) in [5, 5.41) is 17.2. The minimum Gasteiger partial charge on any atom is -0.389 e. The van der Waals surface area contributed by atoms with Gasteiger partial charge in [0.2, 0.25) is 0 Å². The van der Waals surface area contributed by atoms with Crippen LogP contribution in [0, 0.1) is 5.92 Å². The van der Waals surface area contributed by atoms with Crippen LogP contribution in [0.15, 0.2) is 11.1 Å². The average Bonchev–Trinajstić information content (AvgIpc) is 3.34. The zero-order chi connectivity index (χ0) is 17.5. The van der Waals surface area contributed by atoms with Crippen molar-refractivity contribution in [1.29, 1.82) is 0 Å². The van der Waals surface area contributed by atoms with Crippen molar-refractivity contribution < 1.29 is 9.84 Å².